The van der Waals surface area contributed by atoms with Gasteiger partial charge in [0.2, 0.25) is 17.6 Å². The maximum atomic E-state index is 12.0. The zero-order valence-electron chi connectivity index (χ0n) is 13.3. The van der Waals surface area contributed by atoms with E-state index in [1.54, 1.807) is 0 Å². The summed E-state index contributed by atoms with van der Waals surface area (Å²) in [6, 6.07) is 9.77. The van der Waals surface area contributed by atoms with Crippen LogP contribution >= 0.6 is 0 Å². The molecule has 0 aliphatic heterocycles. The highest BCUT2D eigenvalue weighted by Crippen LogP contribution is 2.23. The van der Waals surface area contributed by atoms with Gasteiger partial charge in [0, 0.05) is 24.4 Å². The largest absolute Gasteiger partial charge is 0.356 e. The Balaban J connectivity index is 1.41. The van der Waals surface area contributed by atoms with Crippen molar-refractivity contribution in [3.05, 3.63) is 36.2 Å². The SMILES string of the molecule is O=C(NCCCc1nc(-c2ccccc2)no1)C1CCCCC1. The zero-order valence-corrected chi connectivity index (χ0v) is 13.3. The van der Waals surface area contributed by atoms with E-state index in [0.29, 0.717) is 24.7 Å². The summed E-state index contributed by atoms with van der Waals surface area (Å²) >= 11 is 0. The summed E-state index contributed by atoms with van der Waals surface area (Å²) < 4.78 is 5.27. The lowest BCUT2D eigenvalue weighted by molar-refractivity contribution is -0.125. The quantitative estimate of drug-likeness (QED) is 0.830. The highest BCUT2D eigenvalue weighted by molar-refractivity contribution is 5.78. The molecule has 1 N–H and O–H groups in total. The van der Waals surface area contributed by atoms with E-state index in [9.17, 15) is 4.79 Å². The summed E-state index contributed by atoms with van der Waals surface area (Å²) in [7, 11) is 0. The van der Waals surface area contributed by atoms with E-state index in [2.05, 4.69) is 15.5 Å². The molecule has 1 aromatic heterocycles. The first-order valence-electron chi connectivity index (χ1n) is 8.48. The lowest BCUT2D eigenvalue weighted by atomic mass is 9.89. The second kappa shape index (κ2) is 7.90. The van der Waals surface area contributed by atoms with Gasteiger partial charge in [-0.1, -0.05) is 54.8 Å². The number of nitrogens with zero attached hydrogens (tertiary/aromatic N) is 2. The molecular formula is C18H23N3O2. The number of hydrogen-bond donors (Lipinski definition) is 1. The molecule has 0 radical (unpaired) electrons. The maximum absolute atomic E-state index is 12.0. The fourth-order valence-corrected chi connectivity index (χ4v) is 3.02. The van der Waals surface area contributed by atoms with Crippen LogP contribution in [0.3, 0.4) is 0 Å². The van der Waals surface area contributed by atoms with Crippen molar-refractivity contribution < 1.29 is 9.32 Å². The molecule has 3 rings (SSSR count). The second-order valence-electron chi connectivity index (χ2n) is 6.11. The molecule has 1 aromatic carbocycles. The van der Waals surface area contributed by atoms with Crippen molar-refractivity contribution in [3.8, 4) is 11.4 Å². The Morgan fingerprint density at radius 1 is 1.17 bits per heavy atom. The highest BCUT2D eigenvalue weighted by atomic mass is 16.5. The molecule has 1 aliphatic rings. The molecule has 5 heteroatoms. The fraction of sp³-hybridized carbons (Fsp3) is 0.500. The van der Waals surface area contributed by atoms with Gasteiger partial charge in [0.15, 0.2) is 0 Å². The van der Waals surface area contributed by atoms with Crippen molar-refractivity contribution in [2.75, 3.05) is 6.54 Å². The first kappa shape index (κ1) is 15.7. The topological polar surface area (TPSA) is 68.0 Å². The predicted octanol–water partition coefficient (Wildman–Crippen LogP) is 3.37. The van der Waals surface area contributed by atoms with Gasteiger partial charge in [-0.25, -0.2) is 0 Å². The predicted molar refractivity (Wildman–Crippen MR) is 87.6 cm³/mol. The second-order valence-corrected chi connectivity index (χ2v) is 6.11. The zero-order chi connectivity index (χ0) is 15.9. The Hall–Kier alpha value is -2.17. The molecule has 1 aliphatic carbocycles. The van der Waals surface area contributed by atoms with E-state index < -0.39 is 0 Å². The molecule has 0 bridgehead atoms. The molecule has 122 valence electrons. The van der Waals surface area contributed by atoms with Gasteiger partial charge < -0.3 is 9.84 Å². The van der Waals surface area contributed by atoms with Crippen LogP contribution in [0.4, 0.5) is 0 Å². The molecule has 5 nitrogen and oxygen atoms in total. The number of aromatic nitrogens is 2. The van der Waals surface area contributed by atoms with Gasteiger partial charge >= 0.3 is 0 Å². The van der Waals surface area contributed by atoms with Crippen molar-refractivity contribution in [1.82, 2.24) is 15.5 Å². The van der Waals surface area contributed by atoms with Crippen LogP contribution in [-0.4, -0.2) is 22.6 Å². The first-order chi connectivity index (χ1) is 11.3. The van der Waals surface area contributed by atoms with Gasteiger partial charge in [-0.3, -0.25) is 4.79 Å². The van der Waals surface area contributed by atoms with Crippen LogP contribution in [0.5, 0.6) is 0 Å². The standard InChI is InChI=1S/C18H23N3O2/c22-18(15-10-5-2-6-11-15)19-13-7-12-16-20-17(21-23-16)14-8-3-1-4-9-14/h1,3-4,8-9,15H,2,5-7,10-13H2,(H,19,22). The van der Waals surface area contributed by atoms with Crippen LogP contribution < -0.4 is 5.32 Å². The minimum absolute atomic E-state index is 0.209. The Morgan fingerprint density at radius 2 is 1.96 bits per heavy atom. The fourth-order valence-electron chi connectivity index (χ4n) is 3.02. The van der Waals surface area contributed by atoms with E-state index in [0.717, 1.165) is 24.8 Å². The molecule has 1 saturated carbocycles. The molecule has 0 atom stereocenters. The summed E-state index contributed by atoms with van der Waals surface area (Å²) in [4.78, 5) is 16.4. The Bertz CT molecular complexity index is 618. The van der Waals surface area contributed by atoms with Gasteiger partial charge in [0.05, 0.1) is 0 Å². The van der Waals surface area contributed by atoms with Gasteiger partial charge in [-0.15, -0.1) is 0 Å². The molecule has 1 heterocycles. The molecule has 0 saturated heterocycles. The number of carbonyl (C=O) groups excluding carboxylic acids is 1. The van der Waals surface area contributed by atoms with Crippen molar-refractivity contribution in [3.63, 3.8) is 0 Å². The van der Waals surface area contributed by atoms with Gasteiger partial charge in [-0.2, -0.15) is 4.98 Å². The van der Waals surface area contributed by atoms with E-state index in [4.69, 9.17) is 4.52 Å². The maximum Gasteiger partial charge on any atom is 0.227 e. The number of nitrogens with one attached hydrogen (secondary N) is 1. The number of hydrogen-bond acceptors (Lipinski definition) is 4. The van der Waals surface area contributed by atoms with E-state index >= 15 is 0 Å². The minimum Gasteiger partial charge on any atom is -0.356 e. The number of rotatable bonds is 6. The summed E-state index contributed by atoms with van der Waals surface area (Å²) in [5, 5.41) is 7.03. The third-order valence-electron chi connectivity index (χ3n) is 4.34. The van der Waals surface area contributed by atoms with Crippen molar-refractivity contribution in [2.45, 2.75) is 44.9 Å². The van der Waals surface area contributed by atoms with Crippen LogP contribution in [-0.2, 0) is 11.2 Å². The minimum atomic E-state index is 0.209. The van der Waals surface area contributed by atoms with E-state index in [1.807, 2.05) is 30.3 Å². The lowest BCUT2D eigenvalue weighted by Crippen LogP contribution is -2.32. The highest BCUT2D eigenvalue weighted by Gasteiger charge is 2.20. The molecule has 0 spiro atoms. The molecule has 23 heavy (non-hydrogen) atoms. The van der Waals surface area contributed by atoms with Crippen molar-refractivity contribution in [2.24, 2.45) is 5.92 Å². The van der Waals surface area contributed by atoms with E-state index in [1.165, 1.54) is 19.3 Å². The van der Waals surface area contributed by atoms with Gasteiger partial charge in [0.25, 0.3) is 0 Å². The van der Waals surface area contributed by atoms with Crippen LogP contribution in [0, 0.1) is 5.92 Å². The van der Waals surface area contributed by atoms with Gasteiger partial charge in [-0.05, 0) is 19.3 Å². The number of aryl methyl sites for hydroxylation is 1. The van der Waals surface area contributed by atoms with Crippen LogP contribution in [0.15, 0.2) is 34.9 Å². The number of carbonyl (C=O) groups is 1. The smallest absolute Gasteiger partial charge is 0.227 e. The Morgan fingerprint density at radius 3 is 2.74 bits per heavy atom. The third kappa shape index (κ3) is 4.41. The summed E-state index contributed by atoms with van der Waals surface area (Å²) in [5.41, 5.74) is 0.952. The normalized spacial score (nSPS) is 15.5. The summed E-state index contributed by atoms with van der Waals surface area (Å²) in [6.45, 7) is 0.665. The molecule has 0 unspecified atom stereocenters. The van der Waals surface area contributed by atoms with Crippen molar-refractivity contribution >= 4 is 5.91 Å². The van der Waals surface area contributed by atoms with Crippen LogP contribution in [0.1, 0.15) is 44.4 Å². The lowest BCUT2D eigenvalue weighted by Gasteiger charge is -2.20. The van der Waals surface area contributed by atoms with Crippen molar-refractivity contribution in [1.29, 1.82) is 0 Å². The Labute approximate surface area is 136 Å². The van der Waals surface area contributed by atoms with Crippen LogP contribution in [0.2, 0.25) is 0 Å². The first-order valence-corrected chi connectivity index (χ1v) is 8.48. The third-order valence-corrected chi connectivity index (χ3v) is 4.34. The molecule has 1 fully saturated rings. The monoisotopic (exact) mass is 313 g/mol. The van der Waals surface area contributed by atoms with E-state index in [-0.39, 0.29) is 11.8 Å². The Kier molecular flexibility index (Phi) is 5.40. The molecule has 1 amide bonds. The molecular weight excluding hydrogens is 290 g/mol. The number of amides is 1. The van der Waals surface area contributed by atoms with Crippen LogP contribution in [0.25, 0.3) is 11.4 Å². The average molecular weight is 313 g/mol. The number of benzene rings is 1. The van der Waals surface area contributed by atoms with Gasteiger partial charge in [0.1, 0.15) is 0 Å². The summed E-state index contributed by atoms with van der Waals surface area (Å²) in [6.07, 6.45) is 7.21. The summed E-state index contributed by atoms with van der Waals surface area (Å²) in [5.74, 6) is 1.67. The average Bonchev–Trinajstić information content (AvgIpc) is 3.09. The molecule has 2 aromatic rings.